The number of esters is 1. The summed E-state index contributed by atoms with van der Waals surface area (Å²) >= 11 is 11.3. The van der Waals surface area contributed by atoms with Gasteiger partial charge >= 0.3 is 5.97 Å². The Morgan fingerprint density at radius 2 is 1.67 bits per heavy atom. The third kappa shape index (κ3) is 11.5. The van der Waals surface area contributed by atoms with E-state index >= 15 is 0 Å². The minimum Gasteiger partial charge on any atom is -0.466 e. The van der Waals surface area contributed by atoms with E-state index in [0.717, 1.165) is 11.4 Å². The minimum absolute atomic E-state index is 0.0530. The molecule has 0 aromatic carbocycles. The Balaban J connectivity index is 0.000000297. The number of carbonyl (C=O) groups excluding carboxylic acids is 3. The number of aromatic nitrogens is 2. The lowest BCUT2D eigenvalue weighted by atomic mass is 10.1. The fourth-order valence-electron chi connectivity index (χ4n) is 2.32. The lowest BCUT2D eigenvalue weighted by Crippen LogP contribution is -2.26. The van der Waals surface area contributed by atoms with Gasteiger partial charge in [0.2, 0.25) is 5.91 Å². The number of hydrogen-bond donors (Lipinski definition) is 2. The molecule has 1 amide bonds. The summed E-state index contributed by atoms with van der Waals surface area (Å²) in [5, 5.41) is 12.6. The van der Waals surface area contributed by atoms with E-state index in [2.05, 4.69) is 20.5 Å². The van der Waals surface area contributed by atoms with Gasteiger partial charge in [-0.3, -0.25) is 24.4 Å². The number of aliphatic hydroxyl groups excluding tert-OH is 1. The van der Waals surface area contributed by atoms with E-state index in [1.165, 1.54) is 12.3 Å². The fourth-order valence-corrected chi connectivity index (χ4v) is 2.55. The van der Waals surface area contributed by atoms with Gasteiger partial charge in [0, 0.05) is 38.3 Å². The van der Waals surface area contributed by atoms with Crippen LogP contribution in [0.15, 0.2) is 41.8 Å². The molecular formula is C22H26Cl2N4O5. The van der Waals surface area contributed by atoms with Crippen molar-refractivity contribution in [2.75, 3.05) is 13.2 Å². The Hall–Kier alpha value is -2.88. The number of carbonyl (C=O) groups is 3. The van der Waals surface area contributed by atoms with Crippen molar-refractivity contribution in [2.45, 2.75) is 39.5 Å². The first-order valence-corrected chi connectivity index (χ1v) is 10.9. The zero-order valence-electron chi connectivity index (χ0n) is 18.4. The van der Waals surface area contributed by atoms with Crippen LogP contribution in [0.5, 0.6) is 0 Å². The lowest BCUT2D eigenvalue weighted by Gasteiger charge is -2.10. The normalized spacial score (nSPS) is 12.2. The molecule has 2 N–H and O–H groups in total. The zero-order valence-corrected chi connectivity index (χ0v) is 19.9. The second-order valence-corrected chi connectivity index (χ2v) is 7.23. The Morgan fingerprint density at radius 3 is 2.15 bits per heavy atom. The smallest absolute Gasteiger partial charge is 0.306 e. The van der Waals surface area contributed by atoms with Gasteiger partial charge in [0.25, 0.3) is 0 Å². The van der Waals surface area contributed by atoms with Gasteiger partial charge in [-0.05, 0) is 38.1 Å². The average molecular weight is 497 g/mol. The molecule has 0 saturated heterocycles. The summed E-state index contributed by atoms with van der Waals surface area (Å²) in [5.74, 6) is -0.614. The van der Waals surface area contributed by atoms with Crippen molar-refractivity contribution in [3.05, 3.63) is 58.1 Å². The number of amides is 1. The molecule has 3 rings (SSSR count). The van der Waals surface area contributed by atoms with Crippen LogP contribution in [0.4, 0.5) is 0 Å². The number of Topliss-reactive ketones (excluding diaryl/α,β-unsaturated/α-hetero) is 1. The largest absolute Gasteiger partial charge is 0.466 e. The second kappa shape index (κ2) is 15.8. The van der Waals surface area contributed by atoms with Crippen LogP contribution in [-0.4, -0.2) is 51.7 Å². The summed E-state index contributed by atoms with van der Waals surface area (Å²) in [6.45, 7) is 3.98. The highest BCUT2D eigenvalue weighted by Gasteiger charge is 2.13. The van der Waals surface area contributed by atoms with Crippen molar-refractivity contribution >= 4 is 46.6 Å². The van der Waals surface area contributed by atoms with Crippen LogP contribution in [0.3, 0.4) is 0 Å². The molecule has 1 aliphatic rings. The van der Waals surface area contributed by atoms with Crippen molar-refractivity contribution in [1.82, 2.24) is 15.4 Å². The van der Waals surface area contributed by atoms with Gasteiger partial charge in [0.1, 0.15) is 5.69 Å². The first kappa shape index (κ1) is 28.2. The number of nitrogens with one attached hydrogen (secondary N) is 1. The topological polar surface area (TPSA) is 131 Å². The number of pyridine rings is 2. The Labute approximate surface area is 202 Å². The van der Waals surface area contributed by atoms with Crippen LogP contribution in [-0.2, 0) is 14.3 Å². The number of rotatable bonds is 6. The molecule has 2 aromatic rings. The molecule has 1 aliphatic heterocycles. The van der Waals surface area contributed by atoms with Crippen molar-refractivity contribution < 1.29 is 24.2 Å². The Kier molecular flexibility index (Phi) is 13.5. The van der Waals surface area contributed by atoms with E-state index < -0.39 is 0 Å². The molecule has 0 fully saturated rings. The molecule has 0 unspecified atom stereocenters. The molecule has 0 radical (unpaired) electrons. The highest BCUT2D eigenvalue weighted by molar-refractivity contribution is 6.30. The van der Waals surface area contributed by atoms with Gasteiger partial charge in [-0.15, -0.1) is 0 Å². The molecular weight excluding hydrogens is 471 g/mol. The van der Waals surface area contributed by atoms with E-state index in [0.29, 0.717) is 35.2 Å². The molecule has 178 valence electrons. The number of hydrogen-bond acceptors (Lipinski definition) is 8. The zero-order chi connectivity index (χ0) is 24.6. The molecule has 9 nitrogen and oxygen atoms in total. The average Bonchev–Trinajstić information content (AvgIpc) is 2.80. The molecule has 0 saturated carbocycles. The summed E-state index contributed by atoms with van der Waals surface area (Å²) in [4.78, 5) is 41.4. The third-order valence-electron chi connectivity index (χ3n) is 3.80. The van der Waals surface area contributed by atoms with Crippen molar-refractivity contribution in [2.24, 2.45) is 5.10 Å². The lowest BCUT2D eigenvalue weighted by molar-refractivity contribution is -0.143. The van der Waals surface area contributed by atoms with Crippen molar-refractivity contribution in [3.8, 4) is 0 Å². The summed E-state index contributed by atoms with van der Waals surface area (Å²) < 4.78 is 4.71. The van der Waals surface area contributed by atoms with Gasteiger partial charge < -0.3 is 9.84 Å². The van der Waals surface area contributed by atoms with Crippen LogP contribution in [0.1, 0.15) is 55.7 Å². The molecule has 2 aromatic heterocycles. The third-order valence-corrected chi connectivity index (χ3v) is 4.25. The van der Waals surface area contributed by atoms with Gasteiger partial charge in [-0.2, -0.15) is 5.10 Å². The first-order chi connectivity index (χ1) is 15.8. The summed E-state index contributed by atoms with van der Waals surface area (Å²) in [7, 11) is 0. The fraction of sp³-hybridized carbons (Fsp3) is 0.364. The second-order valence-electron chi connectivity index (χ2n) is 6.36. The van der Waals surface area contributed by atoms with Crippen LogP contribution < -0.4 is 5.43 Å². The first-order valence-electron chi connectivity index (χ1n) is 10.2. The minimum atomic E-state index is -0.371. The predicted molar refractivity (Wildman–Crippen MR) is 125 cm³/mol. The maximum atomic E-state index is 11.6. The quantitative estimate of drug-likeness (QED) is 0.461. The summed E-state index contributed by atoms with van der Waals surface area (Å²) in [5.41, 5.74) is 4.29. The van der Waals surface area contributed by atoms with E-state index in [4.69, 9.17) is 33.0 Å². The van der Waals surface area contributed by atoms with Crippen molar-refractivity contribution in [3.63, 3.8) is 0 Å². The van der Waals surface area contributed by atoms with Crippen molar-refractivity contribution in [1.29, 1.82) is 0 Å². The number of aliphatic hydroxyl groups is 1. The maximum Gasteiger partial charge on any atom is 0.306 e. The van der Waals surface area contributed by atoms with Crippen LogP contribution in [0.2, 0.25) is 10.0 Å². The van der Waals surface area contributed by atoms with Crippen LogP contribution in [0, 0.1) is 0 Å². The molecule has 3 heterocycles. The molecule has 0 spiro atoms. The highest BCUT2D eigenvalue weighted by atomic mass is 35.5. The van der Waals surface area contributed by atoms with E-state index in [1.807, 2.05) is 0 Å². The number of ketones is 1. The number of nitrogens with zero attached hydrogens (tertiary/aromatic N) is 3. The summed E-state index contributed by atoms with van der Waals surface area (Å²) in [6, 6.07) is 6.67. The Morgan fingerprint density at radius 1 is 1.03 bits per heavy atom. The van der Waals surface area contributed by atoms with E-state index in [-0.39, 0.29) is 37.1 Å². The standard InChI is InChI=1S/C11H12ClNO3.C9H8ClN3O.C2H6O/c1-2-16-11(15)6-5-10(14)9-4-3-8(12)7-13-9;10-6-1-2-7(11-5-6)8-3-4-9(14)13-12-8;1-2-3/h3-4,7H,2,5-6H2,1H3;1-2,5H,3-4H2,(H,13,14);3H,2H2,1H3. The predicted octanol–water partition coefficient (Wildman–Crippen LogP) is 3.61. The van der Waals surface area contributed by atoms with Gasteiger partial charge in [-0.25, -0.2) is 5.43 Å². The van der Waals surface area contributed by atoms with Gasteiger partial charge in [0.15, 0.2) is 5.78 Å². The Bertz CT molecular complexity index is 935. The number of hydrazone groups is 1. The number of ether oxygens (including phenoxy) is 1. The molecule has 0 atom stereocenters. The molecule has 0 aliphatic carbocycles. The number of halogens is 2. The van der Waals surface area contributed by atoms with Gasteiger partial charge in [0.05, 0.1) is 34.5 Å². The van der Waals surface area contributed by atoms with Gasteiger partial charge in [-0.1, -0.05) is 23.2 Å². The maximum absolute atomic E-state index is 11.6. The van der Waals surface area contributed by atoms with E-state index in [1.54, 1.807) is 38.2 Å². The highest BCUT2D eigenvalue weighted by Crippen LogP contribution is 2.11. The van der Waals surface area contributed by atoms with E-state index in [9.17, 15) is 14.4 Å². The molecule has 0 bridgehead atoms. The van der Waals surface area contributed by atoms with Crippen LogP contribution >= 0.6 is 23.2 Å². The molecule has 33 heavy (non-hydrogen) atoms. The summed E-state index contributed by atoms with van der Waals surface area (Å²) in [6.07, 6.45) is 4.24. The van der Waals surface area contributed by atoms with Crippen LogP contribution in [0.25, 0.3) is 0 Å². The monoisotopic (exact) mass is 496 g/mol. The SMILES string of the molecule is CCO.CCOC(=O)CCC(=O)c1ccc(Cl)cn1.O=C1CCC(c2ccc(Cl)cn2)=NN1. The molecule has 11 heteroatoms.